The van der Waals surface area contributed by atoms with Crippen LogP contribution in [0, 0.1) is 19.7 Å². The summed E-state index contributed by atoms with van der Waals surface area (Å²) in [5, 5.41) is 9.33. The number of methoxy groups -OCH3 is 1. The van der Waals surface area contributed by atoms with Gasteiger partial charge in [0.05, 0.1) is 29.8 Å². The van der Waals surface area contributed by atoms with Gasteiger partial charge in [-0.25, -0.2) is 9.37 Å². The molecule has 0 aliphatic carbocycles. The highest BCUT2D eigenvalue weighted by Gasteiger charge is 2.22. The van der Waals surface area contributed by atoms with Crippen molar-refractivity contribution in [3.63, 3.8) is 0 Å². The van der Waals surface area contributed by atoms with E-state index in [0.717, 1.165) is 28.1 Å². The van der Waals surface area contributed by atoms with Crippen molar-refractivity contribution in [1.29, 1.82) is 0 Å². The lowest BCUT2D eigenvalue weighted by Gasteiger charge is -2.16. The zero-order valence-corrected chi connectivity index (χ0v) is 19.6. The maximum Gasteiger partial charge on any atom is 0.169 e. The second-order valence-electron chi connectivity index (χ2n) is 8.09. The Labute approximate surface area is 201 Å². The number of hydrogen-bond acceptors (Lipinski definition) is 4. The molecule has 2 aromatic carbocycles. The SMILES string of the molecule is C=C(c1cc(C)cc(F)c1)n1cc(Cl)cc2c(-c3ccc(-n4cnc(C)c4)c(OC)c3)nnc1-2. The first-order valence-electron chi connectivity index (χ1n) is 10.5. The summed E-state index contributed by atoms with van der Waals surface area (Å²) in [5.41, 5.74) is 5.97. The number of benzene rings is 2. The monoisotopic (exact) mass is 473 g/mol. The molecular weight excluding hydrogens is 453 g/mol. The predicted octanol–water partition coefficient (Wildman–Crippen LogP) is 6.17. The van der Waals surface area contributed by atoms with E-state index in [-0.39, 0.29) is 5.82 Å². The number of fused-ring (bicyclic) bond motifs is 1. The summed E-state index contributed by atoms with van der Waals surface area (Å²) in [4.78, 5) is 4.29. The molecule has 3 aromatic rings. The summed E-state index contributed by atoms with van der Waals surface area (Å²) < 4.78 is 23.3. The standard InChI is InChI=1S/C26H21ClFN5O/c1-15-7-19(9-21(28)8-15)17(3)33-13-20(27)11-22-25(30-31-26(22)33)18-5-6-23(24(10-18)34-4)32-12-16(2)29-14-32/h5-14H,3H2,1-2,4H3. The van der Waals surface area contributed by atoms with E-state index < -0.39 is 0 Å². The minimum Gasteiger partial charge on any atom is -0.495 e. The van der Waals surface area contributed by atoms with Crippen molar-refractivity contribution in [3.8, 4) is 34.1 Å². The molecule has 34 heavy (non-hydrogen) atoms. The predicted molar refractivity (Wildman–Crippen MR) is 131 cm³/mol. The highest BCUT2D eigenvalue weighted by molar-refractivity contribution is 6.31. The van der Waals surface area contributed by atoms with E-state index in [4.69, 9.17) is 16.3 Å². The zero-order chi connectivity index (χ0) is 24.0. The van der Waals surface area contributed by atoms with Gasteiger partial charge in [0.15, 0.2) is 5.82 Å². The molecule has 0 radical (unpaired) electrons. The number of nitrogens with zero attached hydrogens (tertiary/aromatic N) is 5. The van der Waals surface area contributed by atoms with Crippen molar-refractivity contribution in [2.45, 2.75) is 13.8 Å². The summed E-state index contributed by atoms with van der Waals surface area (Å²) >= 11 is 6.47. The molecule has 0 atom stereocenters. The number of halogens is 2. The quantitative estimate of drug-likeness (QED) is 0.306. The number of imidazole rings is 1. The molecule has 2 aliphatic heterocycles. The zero-order valence-electron chi connectivity index (χ0n) is 18.9. The van der Waals surface area contributed by atoms with E-state index in [0.29, 0.717) is 33.6 Å². The fourth-order valence-corrected chi connectivity index (χ4v) is 4.24. The molecule has 170 valence electrons. The van der Waals surface area contributed by atoms with Gasteiger partial charge in [0.2, 0.25) is 0 Å². The van der Waals surface area contributed by atoms with Crippen LogP contribution >= 0.6 is 11.6 Å². The lowest BCUT2D eigenvalue weighted by Crippen LogP contribution is -2.04. The molecule has 0 saturated carbocycles. The topological polar surface area (TPSA) is 57.8 Å². The Morgan fingerprint density at radius 1 is 1.06 bits per heavy atom. The molecule has 8 heteroatoms. The summed E-state index contributed by atoms with van der Waals surface area (Å²) in [5.74, 6) is 0.907. The van der Waals surface area contributed by atoms with Gasteiger partial charge in [-0.15, -0.1) is 10.2 Å². The third-order valence-corrected chi connectivity index (χ3v) is 5.82. The first-order valence-corrected chi connectivity index (χ1v) is 10.9. The van der Waals surface area contributed by atoms with Gasteiger partial charge in [-0.05, 0) is 55.8 Å². The minimum absolute atomic E-state index is 0.329. The highest BCUT2D eigenvalue weighted by atomic mass is 35.5. The second kappa shape index (κ2) is 8.43. The van der Waals surface area contributed by atoms with Crippen LogP contribution in [0.1, 0.15) is 16.8 Å². The van der Waals surface area contributed by atoms with Crippen molar-refractivity contribution in [2.24, 2.45) is 0 Å². The smallest absolute Gasteiger partial charge is 0.169 e. The van der Waals surface area contributed by atoms with Crippen LogP contribution in [0.3, 0.4) is 0 Å². The third kappa shape index (κ3) is 3.84. The molecule has 5 rings (SSSR count). The van der Waals surface area contributed by atoms with Gasteiger partial charge in [-0.3, -0.25) is 4.57 Å². The fourth-order valence-electron chi connectivity index (χ4n) is 4.03. The Bertz CT molecular complexity index is 1500. The molecule has 0 N–H and O–H groups in total. The van der Waals surface area contributed by atoms with E-state index in [1.165, 1.54) is 12.1 Å². The average Bonchev–Trinajstić information content (AvgIpc) is 3.43. The normalized spacial score (nSPS) is 11.2. The number of ether oxygens (including phenoxy) is 1. The van der Waals surface area contributed by atoms with Crippen LogP contribution < -0.4 is 4.74 Å². The van der Waals surface area contributed by atoms with Crippen LogP contribution in [0.25, 0.3) is 34.0 Å². The van der Waals surface area contributed by atoms with Crippen LogP contribution in [-0.2, 0) is 0 Å². The number of aryl methyl sites for hydroxylation is 2. The molecule has 0 unspecified atom stereocenters. The third-order valence-electron chi connectivity index (χ3n) is 5.61. The lowest BCUT2D eigenvalue weighted by molar-refractivity contribution is 0.413. The summed E-state index contributed by atoms with van der Waals surface area (Å²) in [6.45, 7) is 7.93. The Hall–Kier alpha value is -3.97. The number of hydrogen-bond donors (Lipinski definition) is 0. The van der Waals surface area contributed by atoms with Crippen LogP contribution in [0.2, 0.25) is 5.02 Å². The Kier molecular flexibility index (Phi) is 5.42. The number of aromatic nitrogens is 5. The van der Waals surface area contributed by atoms with E-state index in [9.17, 15) is 4.39 Å². The first-order chi connectivity index (χ1) is 16.3. The largest absolute Gasteiger partial charge is 0.495 e. The molecule has 0 amide bonds. The number of pyridine rings is 1. The maximum atomic E-state index is 14.0. The summed E-state index contributed by atoms with van der Waals surface area (Å²) in [7, 11) is 1.62. The van der Waals surface area contributed by atoms with Crippen LogP contribution in [0.15, 0.2) is 67.8 Å². The summed E-state index contributed by atoms with van der Waals surface area (Å²) in [6.07, 6.45) is 5.38. The van der Waals surface area contributed by atoms with E-state index in [1.807, 2.05) is 54.9 Å². The molecule has 2 aliphatic rings. The molecule has 1 aromatic heterocycles. The molecule has 0 fully saturated rings. The van der Waals surface area contributed by atoms with Crippen LogP contribution in [-0.4, -0.2) is 31.4 Å². The van der Waals surface area contributed by atoms with E-state index >= 15 is 0 Å². The Morgan fingerprint density at radius 2 is 1.88 bits per heavy atom. The number of rotatable bonds is 5. The van der Waals surface area contributed by atoms with Crippen LogP contribution in [0.4, 0.5) is 4.39 Å². The van der Waals surface area contributed by atoms with Gasteiger partial charge in [0, 0.05) is 34.8 Å². The van der Waals surface area contributed by atoms with Crippen molar-refractivity contribution >= 4 is 17.3 Å². The van der Waals surface area contributed by atoms with Gasteiger partial charge >= 0.3 is 0 Å². The fraction of sp³-hybridized carbons (Fsp3) is 0.115. The van der Waals surface area contributed by atoms with E-state index in [1.54, 1.807) is 24.2 Å². The van der Waals surface area contributed by atoms with Crippen LogP contribution in [0.5, 0.6) is 5.75 Å². The van der Waals surface area contributed by atoms with Gasteiger partial charge in [-0.2, -0.15) is 0 Å². The lowest BCUT2D eigenvalue weighted by atomic mass is 10.0. The maximum absolute atomic E-state index is 14.0. The molecular formula is C26H21ClFN5O. The average molecular weight is 474 g/mol. The van der Waals surface area contributed by atoms with Crippen molar-refractivity contribution in [2.75, 3.05) is 7.11 Å². The van der Waals surface area contributed by atoms with Crippen molar-refractivity contribution in [3.05, 3.63) is 95.4 Å². The second-order valence-corrected chi connectivity index (χ2v) is 8.52. The molecule has 6 nitrogen and oxygen atoms in total. The van der Waals surface area contributed by atoms with Gasteiger partial charge in [-0.1, -0.05) is 24.2 Å². The van der Waals surface area contributed by atoms with Crippen molar-refractivity contribution in [1.82, 2.24) is 24.3 Å². The van der Waals surface area contributed by atoms with Gasteiger partial charge in [0.1, 0.15) is 17.3 Å². The Balaban J connectivity index is 1.58. The first kappa shape index (κ1) is 21.9. The summed E-state index contributed by atoms with van der Waals surface area (Å²) in [6, 6.07) is 12.4. The Morgan fingerprint density at radius 3 is 2.59 bits per heavy atom. The minimum atomic E-state index is -0.329. The van der Waals surface area contributed by atoms with Gasteiger partial charge < -0.3 is 9.30 Å². The molecule has 3 heterocycles. The molecule has 0 spiro atoms. The molecule has 0 saturated heterocycles. The highest BCUT2D eigenvalue weighted by Crippen LogP contribution is 2.38. The van der Waals surface area contributed by atoms with Gasteiger partial charge in [0.25, 0.3) is 0 Å². The van der Waals surface area contributed by atoms with Crippen molar-refractivity contribution < 1.29 is 9.13 Å². The molecule has 0 bridgehead atoms. The van der Waals surface area contributed by atoms with E-state index in [2.05, 4.69) is 21.8 Å².